The van der Waals surface area contributed by atoms with Crippen molar-refractivity contribution in [3.8, 4) is 0 Å². The Bertz CT molecular complexity index is 132. The highest BCUT2D eigenvalue weighted by atomic mass is 16.7. The van der Waals surface area contributed by atoms with Crippen LogP contribution in [0.5, 0.6) is 0 Å². The highest BCUT2D eigenvalue weighted by molar-refractivity contribution is 6.48. The van der Waals surface area contributed by atoms with Gasteiger partial charge in [0.1, 0.15) is 0 Å². The second-order valence-electron chi connectivity index (χ2n) is 4.38. The molecule has 0 saturated carbocycles. The van der Waals surface area contributed by atoms with E-state index in [2.05, 4.69) is 34.6 Å². The first kappa shape index (κ1) is 9.08. The molecule has 0 bridgehead atoms. The average molecular weight is 156 g/mol. The Balaban J connectivity index is 2.54. The van der Waals surface area contributed by atoms with Crippen LogP contribution in [0, 0.1) is 0 Å². The normalized spacial score (nSPS) is 33.0. The van der Waals surface area contributed by atoms with E-state index >= 15 is 0 Å². The van der Waals surface area contributed by atoms with Crippen LogP contribution in [-0.2, 0) is 9.31 Å². The van der Waals surface area contributed by atoms with Crippen molar-refractivity contribution in [1.29, 1.82) is 0 Å². The van der Waals surface area contributed by atoms with Crippen molar-refractivity contribution in [1.82, 2.24) is 0 Å². The molecule has 3 heteroatoms. The minimum absolute atomic E-state index is 0.0347. The largest absolute Gasteiger partial charge is 0.463 e. The molecule has 1 aliphatic rings. The monoisotopic (exact) mass is 156 g/mol. The van der Waals surface area contributed by atoms with Crippen molar-refractivity contribution in [2.75, 3.05) is 0 Å². The van der Waals surface area contributed by atoms with Gasteiger partial charge in [-0.25, -0.2) is 0 Å². The molecule has 0 aliphatic carbocycles. The van der Waals surface area contributed by atoms with Crippen LogP contribution in [0.3, 0.4) is 0 Å². The second-order valence-corrected chi connectivity index (χ2v) is 4.38. The summed E-state index contributed by atoms with van der Waals surface area (Å²) in [6.07, 6.45) is 0.471. The van der Waals surface area contributed by atoms with Crippen molar-refractivity contribution >= 4 is 7.12 Å². The number of hydrogen-bond donors (Lipinski definition) is 0. The summed E-state index contributed by atoms with van der Waals surface area (Å²) < 4.78 is 11.2. The smallest absolute Gasteiger partial charge is 0.406 e. The van der Waals surface area contributed by atoms with E-state index in [-0.39, 0.29) is 24.6 Å². The standard InChI is InChI=1S/C8H17BO2/c1-6-7(2)11-9(10-6)8(3,4)5/h6-7H,1-5H3. The van der Waals surface area contributed by atoms with Gasteiger partial charge >= 0.3 is 7.12 Å². The zero-order chi connectivity index (χ0) is 8.65. The fourth-order valence-electron chi connectivity index (χ4n) is 1.05. The Morgan fingerprint density at radius 1 is 1.00 bits per heavy atom. The van der Waals surface area contributed by atoms with Gasteiger partial charge in [0.2, 0.25) is 0 Å². The van der Waals surface area contributed by atoms with Gasteiger partial charge in [0, 0.05) is 0 Å². The second kappa shape index (κ2) is 2.79. The van der Waals surface area contributed by atoms with Crippen molar-refractivity contribution in [3.05, 3.63) is 0 Å². The van der Waals surface area contributed by atoms with E-state index in [1.165, 1.54) is 0 Å². The summed E-state index contributed by atoms with van der Waals surface area (Å²) in [4.78, 5) is 0. The molecule has 64 valence electrons. The lowest BCUT2D eigenvalue weighted by Gasteiger charge is -2.20. The molecule has 0 radical (unpaired) electrons. The zero-order valence-electron chi connectivity index (χ0n) is 8.05. The molecule has 11 heavy (non-hydrogen) atoms. The molecule has 0 aromatic heterocycles. The molecule has 0 amide bonds. The molecule has 0 aromatic carbocycles. The number of rotatable bonds is 0. The molecule has 2 unspecified atom stereocenters. The summed E-state index contributed by atoms with van der Waals surface area (Å²) in [6, 6.07) is 0. The predicted molar refractivity (Wildman–Crippen MR) is 46.6 cm³/mol. The van der Waals surface area contributed by atoms with Crippen molar-refractivity contribution in [2.24, 2.45) is 0 Å². The van der Waals surface area contributed by atoms with Gasteiger partial charge in [0.25, 0.3) is 0 Å². The minimum atomic E-state index is -0.0347. The molecule has 0 N–H and O–H groups in total. The van der Waals surface area contributed by atoms with Crippen LogP contribution in [0.2, 0.25) is 5.31 Å². The lowest BCUT2D eigenvalue weighted by molar-refractivity contribution is 0.187. The molecule has 1 rings (SSSR count). The third-order valence-corrected chi connectivity index (χ3v) is 2.04. The zero-order valence-corrected chi connectivity index (χ0v) is 8.05. The fourth-order valence-corrected chi connectivity index (χ4v) is 1.05. The van der Waals surface area contributed by atoms with E-state index in [0.29, 0.717) is 0 Å². The van der Waals surface area contributed by atoms with Gasteiger partial charge in [-0.2, -0.15) is 0 Å². The first-order valence-electron chi connectivity index (χ1n) is 4.22. The van der Waals surface area contributed by atoms with Crippen LogP contribution in [0.1, 0.15) is 34.6 Å². The van der Waals surface area contributed by atoms with E-state index in [0.717, 1.165) is 0 Å². The molecule has 1 saturated heterocycles. The van der Waals surface area contributed by atoms with Crippen LogP contribution < -0.4 is 0 Å². The summed E-state index contributed by atoms with van der Waals surface area (Å²) in [7, 11) is -0.0347. The van der Waals surface area contributed by atoms with E-state index in [9.17, 15) is 0 Å². The lowest BCUT2D eigenvalue weighted by Crippen LogP contribution is -2.27. The molecule has 0 aromatic rings. The molecule has 1 fully saturated rings. The van der Waals surface area contributed by atoms with Crippen molar-refractivity contribution in [2.45, 2.75) is 52.1 Å². The maximum absolute atomic E-state index is 5.62. The summed E-state index contributed by atoms with van der Waals surface area (Å²) in [6.45, 7) is 10.5. The molecular formula is C8H17BO2. The van der Waals surface area contributed by atoms with Crippen LogP contribution in [0.4, 0.5) is 0 Å². The average Bonchev–Trinajstić information content (AvgIpc) is 2.11. The van der Waals surface area contributed by atoms with Crippen LogP contribution in [-0.4, -0.2) is 19.3 Å². The lowest BCUT2D eigenvalue weighted by atomic mass is 9.61. The highest BCUT2D eigenvalue weighted by Crippen LogP contribution is 2.34. The first-order valence-corrected chi connectivity index (χ1v) is 4.22. The Kier molecular flexibility index (Phi) is 2.31. The minimum Gasteiger partial charge on any atom is -0.406 e. The first-order chi connectivity index (χ1) is 4.91. The van der Waals surface area contributed by atoms with Gasteiger partial charge in [0.15, 0.2) is 0 Å². The van der Waals surface area contributed by atoms with Gasteiger partial charge in [-0.1, -0.05) is 20.8 Å². The van der Waals surface area contributed by atoms with Gasteiger partial charge in [-0.05, 0) is 19.2 Å². The molecule has 1 aliphatic heterocycles. The molecule has 0 spiro atoms. The van der Waals surface area contributed by atoms with Crippen LogP contribution in [0.25, 0.3) is 0 Å². The van der Waals surface area contributed by atoms with E-state index in [4.69, 9.17) is 9.31 Å². The van der Waals surface area contributed by atoms with Crippen LogP contribution in [0.15, 0.2) is 0 Å². The van der Waals surface area contributed by atoms with Crippen molar-refractivity contribution in [3.63, 3.8) is 0 Å². The van der Waals surface area contributed by atoms with Gasteiger partial charge in [-0.3, -0.25) is 0 Å². The SMILES string of the molecule is CC1OB(C(C)(C)C)OC1C. The van der Waals surface area contributed by atoms with Gasteiger partial charge < -0.3 is 9.31 Å². The Hall–Kier alpha value is -0.0151. The molecule has 2 nitrogen and oxygen atoms in total. The summed E-state index contributed by atoms with van der Waals surface area (Å²) in [5.74, 6) is 0. The van der Waals surface area contributed by atoms with Gasteiger partial charge in [-0.15, -0.1) is 0 Å². The van der Waals surface area contributed by atoms with Crippen molar-refractivity contribution < 1.29 is 9.31 Å². The van der Waals surface area contributed by atoms with E-state index < -0.39 is 0 Å². The maximum atomic E-state index is 5.62. The quantitative estimate of drug-likeness (QED) is 0.500. The Morgan fingerprint density at radius 2 is 1.36 bits per heavy atom. The highest BCUT2D eigenvalue weighted by Gasteiger charge is 2.42. The number of hydrogen-bond acceptors (Lipinski definition) is 2. The van der Waals surface area contributed by atoms with Gasteiger partial charge in [0.05, 0.1) is 12.2 Å². The van der Waals surface area contributed by atoms with Crippen LogP contribution >= 0.6 is 0 Å². The third kappa shape index (κ3) is 1.97. The van der Waals surface area contributed by atoms with E-state index in [1.807, 2.05) is 0 Å². The van der Waals surface area contributed by atoms with E-state index in [1.54, 1.807) is 0 Å². The molecular weight excluding hydrogens is 139 g/mol. The summed E-state index contributed by atoms with van der Waals surface area (Å²) in [5, 5.41) is 0.0962. The summed E-state index contributed by atoms with van der Waals surface area (Å²) in [5.41, 5.74) is 0. The summed E-state index contributed by atoms with van der Waals surface area (Å²) >= 11 is 0. The topological polar surface area (TPSA) is 18.5 Å². The predicted octanol–water partition coefficient (Wildman–Crippen LogP) is 2.10. The Morgan fingerprint density at radius 3 is 1.55 bits per heavy atom. The maximum Gasteiger partial charge on any atom is 0.463 e. The Labute approximate surface area is 69.4 Å². The molecule has 1 heterocycles. The fraction of sp³-hybridized carbons (Fsp3) is 1.00. The molecule has 2 atom stereocenters. The third-order valence-electron chi connectivity index (χ3n) is 2.04.